The number of rotatable bonds is 4. The molecule has 104 valence electrons. The van der Waals surface area contributed by atoms with E-state index in [0.29, 0.717) is 0 Å². The van der Waals surface area contributed by atoms with E-state index in [1.54, 1.807) is 0 Å². The number of hydrogen-bond acceptors (Lipinski definition) is 5. The fourth-order valence-corrected chi connectivity index (χ4v) is 1.55. The summed E-state index contributed by atoms with van der Waals surface area (Å²) in [6.45, 7) is 0. The lowest BCUT2D eigenvalue weighted by Crippen LogP contribution is -1.95. The van der Waals surface area contributed by atoms with Crippen molar-refractivity contribution in [3.63, 3.8) is 0 Å². The van der Waals surface area contributed by atoms with Gasteiger partial charge in [0.1, 0.15) is 11.6 Å². The highest BCUT2D eigenvalue weighted by molar-refractivity contribution is 5.51. The second-order valence-corrected chi connectivity index (χ2v) is 3.88. The summed E-state index contributed by atoms with van der Waals surface area (Å²) >= 11 is 0. The van der Waals surface area contributed by atoms with Gasteiger partial charge in [-0.2, -0.15) is 0 Å². The van der Waals surface area contributed by atoms with Crippen LogP contribution in [0.1, 0.15) is 0 Å². The molecule has 6 nitrogen and oxygen atoms in total. The van der Waals surface area contributed by atoms with Crippen molar-refractivity contribution in [3.05, 3.63) is 52.3 Å². The van der Waals surface area contributed by atoms with Crippen LogP contribution in [0, 0.1) is 15.9 Å². The maximum absolute atomic E-state index is 13.3. The number of nitrogens with zero attached hydrogens (tertiary/aromatic N) is 1. The van der Waals surface area contributed by atoms with E-state index in [-0.39, 0.29) is 28.6 Å². The summed E-state index contributed by atoms with van der Waals surface area (Å²) in [5.41, 5.74) is 5.24. The Morgan fingerprint density at radius 1 is 1.20 bits per heavy atom. The SMILES string of the molecule is COc1cc([N+](=O)[O-])ccc1Oc1ccc(N)c(F)c1. The molecule has 0 spiro atoms. The van der Waals surface area contributed by atoms with Crippen LogP contribution in [0.2, 0.25) is 0 Å². The van der Waals surface area contributed by atoms with Crippen LogP contribution < -0.4 is 15.2 Å². The number of non-ortho nitro benzene ring substituents is 1. The number of nitro benzene ring substituents is 1. The minimum atomic E-state index is -0.608. The Bertz CT molecular complexity index is 661. The summed E-state index contributed by atoms with van der Waals surface area (Å²) in [6, 6.07) is 7.84. The molecule has 0 bridgehead atoms. The molecule has 0 unspecified atom stereocenters. The van der Waals surface area contributed by atoms with Crippen molar-refractivity contribution >= 4 is 11.4 Å². The first kappa shape index (κ1) is 13.6. The Morgan fingerprint density at radius 2 is 1.95 bits per heavy atom. The number of benzene rings is 2. The Morgan fingerprint density at radius 3 is 2.55 bits per heavy atom. The first-order valence-corrected chi connectivity index (χ1v) is 5.56. The Hall–Kier alpha value is -2.83. The maximum atomic E-state index is 13.3. The van der Waals surface area contributed by atoms with E-state index in [9.17, 15) is 14.5 Å². The number of methoxy groups -OCH3 is 1. The molecule has 0 radical (unpaired) electrons. The minimum absolute atomic E-state index is 0.00742. The predicted molar refractivity (Wildman–Crippen MR) is 70.5 cm³/mol. The highest BCUT2D eigenvalue weighted by Gasteiger charge is 2.13. The van der Waals surface area contributed by atoms with E-state index >= 15 is 0 Å². The van der Waals surface area contributed by atoms with E-state index in [2.05, 4.69) is 0 Å². The molecule has 2 N–H and O–H groups in total. The molecule has 0 fully saturated rings. The Labute approximate surface area is 113 Å². The van der Waals surface area contributed by atoms with Crippen molar-refractivity contribution in [2.45, 2.75) is 0 Å². The lowest BCUT2D eigenvalue weighted by atomic mass is 10.2. The van der Waals surface area contributed by atoms with Gasteiger partial charge in [0.15, 0.2) is 11.5 Å². The second kappa shape index (κ2) is 5.43. The van der Waals surface area contributed by atoms with Crippen LogP contribution in [0.4, 0.5) is 15.8 Å². The number of nitrogen functional groups attached to an aromatic ring is 1. The molecule has 0 aliphatic carbocycles. The van der Waals surface area contributed by atoms with Gasteiger partial charge in [0.25, 0.3) is 5.69 Å². The molecule has 0 atom stereocenters. The molecule has 0 aromatic heterocycles. The molecule has 0 heterocycles. The lowest BCUT2D eigenvalue weighted by Gasteiger charge is -2.10. The average Bonchev–Trinajstić information content (AvgIpc) is 2.43. The fraction of sp³-hybridized carbons (Fsp3) is 0.0769. The molecule has 0 aliphatic rings. The number of hydrogen-bond donors (Lipinski definition) is 1. The third-order valence-electron chi connectivity index (χ3n) is 2.56. The summed E-state index contributed by atoms with van der Waals surface area (Å²) in [5, 5.41) is 10.7. The van der Waals surface area contributed by atoms with Crippen LogP contribution in [0.15, 0.2) is 36.4 Å². The van der Waals surface area contributed by atoms with Crippen molar-refractivity contribution in [1.82, 2.24) is 0 Å². The molecule has 0 saturated heterocycles. The summed E-state index contributed by atoms with van der Waals surface area (Å²) in [4.78, 5) is 10.1. The number of halogens is 1. The molecular formula is C13H11FN2O4. The van der Waals surface area contributed by atoms with Gasteiger partial charge in [-0.05, 0) is 18.2 Å². The smallest absolute Gasteiger partial charge is 0.273 e. The van der Waals surface area contributed by atoms with Crippen LogP contribution in [0.3, 0.4) is 0 Å². The van der Waals surface area contributed by atoms with Crippen molar-refractivity contribution in [3.8, 4) is 17.2 Å². The second-order valence-electron chi connectivity index (χ2n) is 3.88. The van der Waals surface area contributed by atoms with E-state index < -0.39 is 10.7 Å². The quantitative estimate of drug-likeness (QED) is 0.527. The number of anilines is 1. The van der Waals surface area contributed by atoms with E-state index in [1.165, 1.54) is 37.4 Å². The van der Waals surface area contributed by atoms with Crippen molar-refractivity contribution in [1.29, 1.82) is 0 Å². The van der Waals surface area contributed by atoms with Crippen LogP contribution in [-0.2, 0) is 0 Å². The van der Waals surface area contributed by atoms with E-state index in [4.69, 9.17) is 15.2 Å². The van der Waals surface area contributed by atoms with E-state index in [1.807, 2.05) is 0 Å². The molecule has 0 saturated carbocycles. The van der Waals surface area contributed by atoms with Gasteiger partial charge in [-0.15, -0.1) is 0 Å². The van der Waals surface area contributed by atoms with Crippen molar-refractivity contribution < 1.29 is 18.8 Å². The van der Waals surface area contributed by atoms with Gasteiger partial charge in [-0.25, -0.2) is 4.39 Å². The third kappa shape index (κ3) is 2.77. The highest BCUT2D eigenvalue weighted by atomic mass is 19.1. The largest absolute Gasteiger partial charge is 0.493 e. The van der Waals surface area contributed by atoms with Crippen molar-refractivity contribution in [2.24, 2.45) is 0 Å². The molecular weight excluding hydrogens is 267 g/mol. The van der Waals surface area contributed by atoms with Gasteiger partial charge >= 0.3 is 0 Å². The monoisotopic (exact) mass is 278 g/mol. The number of nitro groups is 1. The van der Waals surface area contributed by atoms with Gasteiger partial charge in [0.2, 0.25) is 0 Å². The first-order valence-electron chi connectivity index (χ1n) is 5.56. The molecule has 0 aliphatic heterocycles. The zero-order valence-corrected chi connectivity index (χ0v) is 10.5. The molecule has 2 rings (SSSR count). The van der Waals surface area contributed by atoms with Gasteiger partial charge < -0.3 is 15.2 Å². The molecule has 7 heteroatoms. The van der Waals surface area contributed by atoms with Gasteiger partial charge in [0, 0.05) is 12.1 Å². The Balaban J connectivity index is 2.32. The zero-order valence-electron chi connectivity index (χ0n) is 10.5. The molecule has 2 aromatic rings. The molecule has 0 amide bonds. The number of ether oxygens (including phenoxy) is 2. The molecule has 20 heavy (non-hydrogen) atoms. The average molecular weight is 278 g/mol. The van der Waals surface area contributed by atoms with Gasteiger partial charge in [-0.3, -0.25) is 10.1 Å². The first-order chi connectivity index (χ1) is 9.51. The van der Waals surface area contributed by atoms with Crippen LogP contribution in [0.5, 0.6) is 17.2 Å². The highest BCUT2D eigenvalue weighted by Crippen LogP contribution is 2.35. The third-order valence-corrected chi connectivity index (χ3v) is 2.56. The summed E-state index contributed by atoms with van der Waals surface area (Å²) in [7, 11) is 1.36. The fourth-order valence-electron chi connectivity index (χ4n) is 1.55. The van der Waals surface area contributed by atoms with Gasteiger partial charge in [0.05, 0.1) is 23.8 Å². The lowest BCUT2D eigenvalue weighted by molar-refractivity contribution is -0.384. The van der Waals surface area contributed by atoms with Crippen molar-refractivity contribution in [2.75, 3.05) is 12.8 Å². The van der Waals surface area contributed by atoms with Crippen LogP contribution >= 0.6 is 0 Å². The predicted octanol–water partition coefficient (Wildman–Crippen LogP) is 3.12. The summed E-state index contributed by atoms with van der Waals surface area (Å²) in [6.07, 6.45) is 0. The normalized spacial score (nSPS) is 10.1. The standard InChI is InChI=1S/C13H11FN2O4/c1-19-13-6-8(16(17)18)2-5-12(13)20-9-3-4-11(15)10(14)7-9/h2-7H,15H2,1H3. The number of nitrogens with two attached hydrogens (primary N) is 1. The summed E-state index contributed by atoms with van der Waals surface area (Å²) in [5.74, 6) is 0.0194. The summed E-state index contributed by atoms with van der Waals surface area (Å²) < 4.78 is 23.8. The van der Waals surface area contributed by atoms with Crippen LogP contribution in [0.25, 0.3) is 0 Å². The van der Waals surface area contributed by atoms with Crippen LogP contribution in [-0.4, -0.2) is 12.0 Å². The topological polar surface area (TPSA) is 87.6 Å². The zero-order chi connectivity index (χ0) is 14.7. The maximum Gasteiger partial charge on any atom is 0.273 e. The van der Waals surface area contributed by atoms with E-state index in [0.717, 1.165) is 6.07 Å². The van der Waals surface area contributed by atoms with Gasteiger partial charge in [-0.1, -0.05) is 0 Å². The Kier molecular flexibility index (Phi) is 3.69. The molecule has 2 aromatic carbocycles. The minimum Gasteiger partial charge on any atom is -0.493 e.